The second-order valence-electron chi connectivity index (χ2n) is 5.99. The maximum Gasteiger partial charge on any atom is 0.240 e. The van der Waals surface area contributed by atoms with Crippen LogP contribution in [0.2, 0.25) is 0 Å². The van der Waals surface area contributed by atoms with Crippen LogP contribution >= 0.6 is 0 Å². The number of carbonyl (C=O) groups excluding carboxylic acids is 3. The molecule has 5 nitrogen and oxygen atoms in total. The minimum absolute atomic E-state index is 0.174. The minimum atomic E-state index is -0.935. The zero-order valence-corrected chi connectivity index (χ0v) is 11.4. The van der Waals surface area contributed by atoms with E-state index in [4.69, 9.17) is 0 Å². The summed E-state index contributed by atoms with van der Waals surface area (Å²) in [6.45, 7) is 1.73. The number of benzene rings is 1. The molecule has 0 radical (unpaired) electrons. The number of rotatable bonds is 1. The van der Waals surface area contributed by atoms with Gasteiger partial charge in [-0.05, 0) is 19.1 Å². The molecular formula is C16H14N2O3. The quantitative estimate of drug-likeness (QED) is 0.614. The van der Waals surface area contributed by atoms with Gasteiger partial charge in [-0.15, -0.1) is 0 Å². The number of carbonyl (C=O) groups is 3. The highest BCUT2D eigenvalue weighted by molar-refractivity contribution is 6.24. The fraction of sp³-hybridized carbons (Fsp3) is 0.312. The van der Waals surface area contributed by atoms with Gasteiger partial charge in [0, 0.05) is 0 Å². The van der Waals surface area contributed by atoms with Crippen LogP contribution in [0.5, 0.6) is 0 Å². The van der Waals surface area contributed by atoms with Gasteiger partial charge in [0.1, 0.15) is 0 Å². The molecule has 2 fully saturated rings. The third-order valence-electron chi connectivity index (χ3n) is 4.84. The van der Waals surface area contributed by atoms with Gasteiger partial charge in [-0.1, -0.05) is 30.4 Å². The lowest BCUT2D eigenvalue weighted by Crippen LogP contribution is -2.62. The second kappa shape index (κ2) is 3.81. The highest BCUT2D eigenvalue weighted by Gasteiger charge is 2.64. The number of amides is 3. The van der Waals surface area contributed by atoms with Crippen LogP contribution < -0.4 is 10.2 Å². The van der Waals surface area contributed by atoms with E-state index in [0.29, 0.717) is 5.69 Å². The summed E-state index contributed by atoms with van der Waals surface area (Å²) in [7, 11) is 0. The van der Waals surface area contributed by atoms with E-state index in [1.807, 2.05) is 12.1 Å². The SMILES string of the molecule is C[C@@]12C=C[C@@H](NC1=O)[C@@H]1C(=O)N(c3ccccc3)C(=O)[C@@H]12. The number of piperidine rings is 1. The highest BCUT2D eigenvalue weighted by Crippen LogP contribution is 2.50. The van der Waals surface area contributed by atoms with Crippen LogP contribution in [0, 0.1) is 17.3 Å². The first kappa shape index (κ1) is 12.3. The number of hydrogen-bond acceptors (Lipinski definition) is 3. The van der Waals surface area contributed by atoms with E-state index < -0.39 is 17.3 Å². The van der Waals surface area contributed by atoms with Crippen LogP contribution in [0.3, 0.4) is 0 Å². The van der Waals surface area contributed by atoms with Crippen molar-refractivity contribution >= 4 is 23.4 Å². The van der Waals surface area contributed by atoms with Gasteiger partial charge in [-0.3, -0.25) is 14.4 Å². The largest absolute Gasteiger partial charge is 0.348 e. The number of fused-ring (bicyclic) bond motifs is 1. The van der Waals surface area contributed by atoms with E-state index in [1.54, 1.807) is 37.3 Å². The van der Waals surface area contributed by atoms with Gasteiger partial charge in [0.25, 0.3) is 0 Å². The van der Waals surface area contributed by atoms with Gasteiger partial charge in [0.2, 0.25) is 17.7 Å². The number of nitrogens with zero attached hydrogens (tertiary/aromatic N) is 1. The van der Waals surface area contributed by atoms with Crippen LogP contribution in [0.25, 0.3) is 0 Å². The topological polar surface area (TPSA) is 66.5 Å². The van der Waals surface area contributed by atoms with Gasteiger partial charge in [-0.2, -0.15) is 0 Å². The number of imide groups is 1. The van der Waals surface area contributed by atoms with E-state index >= 15 is 0 Å². The van der Waals surface area contributed by atoms with Crippen molar-refractivity contribution in [3.8, 4) is 0 Å². The number of anilines is 1. The summed E-state index contributed by atoms with van der Waals surface area (Å²) in [5.41, 5.74) is -0.368. The molecule has 3 amide bonds. The van der Waals surface area contributed by atoms with E-state index in [9.17, 15) is 14.4 Å². The lowest BCUT2D eigenvalue weighted by Gasteiger charge is -2.45. The third kappa shape index (κ3) is 1.38. The Bertz CT molecular complexity index is 697. The predicted octanol–water partition coefficient (Wildman–Crippen LogP) is 0.867. The zero-order valence-electron chi connectivity index (χ0n) is 11.4. The van der Waals surface area contributed by atoms with Crippen LogP contribution in [0.4, 0.5) is 5.69 Å². The van der Waals surface area contributed by atoms with Crippen LogP contribution in [0.1, 0.15) is 6.92 Å². The summed E-state index contributed by atoms with van der Waals surface area (Å²) in [6.07, 6.45) is 3.61. The van der Waals surface area contributed by atoms with Crippen molar-refractivity contribution in [1.29, 1.82) is 0 Å². The molecule has 2 saturated heterocycles. The first-order valence-electron chi connectivity index (χ1n) is 6.97. The van der Waals surface area contributed by atoms with Crippen LogP contribution in [0.15, 0.2) is 42.5 Å². The van der Waals surface area contributed by atoms with Gasteiger partial charge in [0.05, 0.1) is 29.0 Å². The summed E-state index contributed by atoms with van der Waals surface area (Å²) in [4.78, 5) is 38.9. The molecule has 1 aromatic carbocycles. The Morgan fingerprint density at radius 2 is 1.81 bits per heavy atom. The fourth-order valence-corrected chi connectivity index (χ4v) is 3.70. The molecule has 21 heavy (non-hydrogen) atoms. The van der Waals surface area contributed by atoms with Gasteiger partial charge < -0.3 is 5.32 Å². The second-order valence-corrected chi connectivity index (χ2v) is 5.99. The first-order chi connectivity index (χ1) is 10.0. The summed E-state index contributed by atoms with van der Waals surface area (Å²) in [5, 5.41) is 2.83. The number of hydrogen-bond donors (Lipinski definition) is 1. The summed E-state index contributed by atoms with van der Waals surface area (Å²) in [5.74, 6) is -1.77. The van der Waals surface area contributed by atoms with E-state index in [1.165, 1.54) is 4.90 Å². The van der Waals surface area contributed by atoms with Crippen molar-refractivity contribution in [2.24, 2.45) is 17.3 Å². The molecule has 0 spiro atoms. The third-order valence-corrected chi connectivity index (χ3v) is 4.84. The van der Waals surface area contributed by atoms with Crippen molar-refractivity contribution in [2.45, 2.75) is 13.0 Å². The standard InChI is InChI=1S/C16H14N2O3/c1-16-8-7-10(17-15(16)21)11-12(16)14(20)18(13(11)19)9-5-3-2-4-6-9/h2-8,10-12H,1H3,(H,17,21)/t10-,11+,12-,16+/m1/s1. The number of para-hydroxylation sites is 1. The lowest BCUT2D eigenvalue weighted by molar-refractivity contribution is -0.144. The van der Waals surface area contributed by atoms with Crippen molar-refractivity contribution in [3.05, 3.63) is 42.5 Å². The molecular weight excluding hydrogens is 268 g/mol. The Balaban J connectivity index is 1.84. The highest BCUT2D eigenvalue weighted by atomic mass is 16.2. The normalized spacial score (nSPS) is 36.9. The fourth-order valence-electron chi connectivity index (χ4n) is 3.70. The van der Waals surface area contributed by atoms with Crippen LogP contribution in [-0.4, -0.2) is 23.8 Å². The Labute approximate surface area is 121 Å². The van der Waals surface area contributed by atoms with Crippen molar-refractivity contribution in [3.63, 3.8) is 0 Å². The average molecular weight is 282 g/mol. The Hall–Kier alpha value is -2.43. The van der Waals surface area contributed by atoms with Gasteiger partial charge in [0.15, 0.2) is 0 Å². The van der Waals surface area contributed by atoms with Gasteiger partial charge >= 0.3 is 0 Å². The smallest absolute Gasteiger partial charge is 0.240 e. The molecule has 4 atom stereocenters. The maximum atomic E-state index is 12.8. The Morgan fingerprint density at radius 1 is 1.10 bits per heavy atom. The molecule has 1 aromatic rings. The molecule has 1 aliphatic carbocycles. The summed E-state index contributed by atoms with van der Waals surface area (Å²) < 4.78 is 0. The molecule has 3 heterocycles. The lowest BCUT2D eigenvalue weighted by atomic mass is 9.62. The summed E-state index contributed by atoms with van der Waals surface area (Å²) >= 11 is 0. The molecule has 2 bridgehead atoms. The molecule has 3 aliphatic heterocycles. The molecule has 5 rings (SSSR count). The maximum absolute atomic E-state index is 12.8. The van der Waals surface area contributed by atoms with Crippen LogP contribution in [-0.2, 0) is 14.4 Å². The molecule has 0 saturated carbocycles. The summed E-state index contributed by atoms with van der Waals surface area (Å²) in [6, 6.07) is 8.50. The monoisotopic (exact) mass is 282 g/mol. The molecule has 5 heteroatoms. The van der Waals surface area contributed by atoms with Crippen molar-refractivity contribution in [2.75, 3.05) is 4.90 Å². The molecule has 4 aliphatic rings. The minimum Gasteiger partial charge on any atom is -0.348 e. The molecule has 1 N–H and O–H groups in total. The molecule has 106 valence electrons. The van der Waals surface area contributed by atoms with Crippen molar-refractivity contribution in [1.82, 2.24) is 5.32 Å². The number of nitrogens with one attached hydrogen (secondary N) is 1. The van der Waals surface area contributed by atoms with E-state index in [0.717, 1.165) is 0 Å². The Morgan fingerprint density at radius 3 is 2.48 bits per heavy atom. The van der Waals surface area contributed by atoms with Gasteiger partial charge in [-0.25, -0.2) is 4.90 Å². The molecule has 0 unspecified atom stereocenters. The Kier molecular flexibility index (Phi) is 2.24. The zero-order chi connectivity index (χ0) is 14.8. The average Bonchev–Trinajstić information content (AvgIpc) is 2.76. The molecule has 0 aromatic heterocycles. The van der Waals surface area contributed by atoms with E-state index in [2.05, 4.69) is 5.32 Å². The van der Waals surface area contributed by atoms with Crippen molar-refractivity contribution < 1.29 is 14.4 Å². The van der Waals surface area contributed by atoms with E-state index in [-0.39, 0.29) is 23.8 Å². The first-order valence-corrected chi connectivity index (χ1v) is 6.97. The predicted molar refractivity (Wildman–Crippen MR) is 75.1 cm³/mol.